The van der Waals surface area contributed by atoms with Crippen molar-refractivity contribution in [3.8, 4) is 5.75 Å². The van der Waals surface area contributed by atoms with Crippen LogP contribution in [0.3, 0.4) is 0 Å². The molecule has 0 aliphatic carbocycles. The monoisotopic (exact) mass is 556 g/mol. The van der Waals surface area contributed by atoms with Crippen molar-refractivity contribution in [2.75, 3.05) is 16.6 Å². The van der Waals surface area contributed by atoms with E-state index in [9.17, 15) is 38.4 Å². The van der Waals surface area contributed by atoms with E-state index in [1.54, 1.807) is 0 Å². The third-order valence-electron chi connectivity index (χ3n) is 4.22. The van der Waals surface area contributed by atoms with Crippen molar-refractivity contribution >= 4 is 52.6 Å². The van der Waals surface area contributed by atoms with Crippen LogP contribution in [-0.4, -0.2) is 37.9 Å². The summed E-state index contributed by atoms with van der Waals surface area (Å²) >= 11 is 0.921. The summed E-state index contributed by atoms with van der Waals surface area (Å²) in [5.74, 6) is -0.440. The lowest BCUT2D eigenvalue weighted by Crippen LogP contribution is -2.24. The summed E-state index contributed by atoms with van der Waals surface area (Å²) in [5, 5.41) is 1.53. The first-order chi connectivity index (χ1) is 15.7. The Kier molecular flexibility index (Phi) is 6.89. The smallest absolute Gasteiger partial charge is 0.495 e. The second-order valence-electron chi connectivity index (χ2n) is 6.45. The number of rotatable bonds is 8. The molecule has 16 heteroatoms. The van der Waals surface area contributed by atoms with Gasteiger partial charge in [0.1, 0.15) is 14.9 Å². The van der Waals surface area contributed by atoms with Gasteiger partial charge in [-0.1, -0.05) is 18.2 Å². The molecule has 1 aromatic heterocycles. The normalized spacial score (nSPS) is 12.8. The van der Waals surface area contributed by atoms with Crippen LogP contribution in [0.5, 0.6) is 5.75 Å². The number of para-hydroxylation sites is 2. The maximum absolute atomic E-state index is 13.0. The standard InChI is InChI=1S/C18H15F3N2O7S4/c1-30-15-9-8-12(32(24,25)18(19,20)21)11-16(15)33(26,27)22-13-5-2-3-6-14(13)23-34(28,29)17-7-4-10-31-17/h2-11,22-23H,1H3. The van der Waals surface area contributed by atoms with E-state index < -0.39 is 50.9 Å². The van der Waals surface area contributed by atoms with Crippen LogP contribution in [0, 0.1) is 0 Å². The molecule has 34 heavy (non-hydrogen) atoms. The highest BCUT2D eigenvalue weighted by Crippen LogP contribution is 2.35. The molecule has 0 aliphatic rings. The highest BCUT2D eigenvalue weighted by Gasteiger charge is 2.47. The van der Waals surface area contributed by atoms with Crippen molar-refractivity contribution in [1.29, 1.82) is 0 Å². The van der Waals surface area contributed by atoms with Crippen LogP contribution in [0.4, 0.5) is 24.5 Å². The van der Waals surface area contributed by atoms with Gasteiger partial charge in [0.25, 0.3) is 29.9 Å². The molecule has 2 aromatic carbocycles. The van der Waals surface area contributed by atoms with Crippen molar-refractivity contribution in [3.05, 3.63) is 60.0 Å². The third kappa shape index (κ3) is 5.13. The molecule has 3 aromatic rings. The molecule has 0 spiro atoms. The lowest BCUT2D eigenvalue weighted by Gasteiger charge is -2.16. The zero-order chi connectivity index (χ0) is 25.4. The highest BCUT2D eigenvalue weighted by atomic mass is 32.2. The molecule has 2 N–H and O–H groups in total. The molecule has 0 fully saturated rings. The quantitative estimate of drug-likeness (QED) is 0.432. The Balaban J connectivity index is 2.05. The van der Waals surface area contributed by atoms with Crippen LogP contribution in [0.2, 0.25) is 0 Å². The van der Waals surface area contributed by atoms with Gasteiger partial charge in [-0.15, -0.1) is 11.3 Å². The van der Waals surface area contributed by atoms with E-state index in [4.69, 9.17) is 4.74 Å². The molecular weight excluding hydrogens is 541 g/mol. The average Bonchev–Trinajstić information content (AvgIpc) is 3.29. The number of anilines is 2. The molecule has 0 amide bonds. The van der Waals surface area contributed by atoms with Gasteiger partial charge in [-0.2, -0.15) is 13.2 Å². The first-order valence-electron chi connectivity index (χ1n) is 8.86. The molecule has 0 saturated carbocycles. The van der Waals surface area contributed by atoms with Crippen molar-refractivity contribution in [1.82, 2.24) is 0 Å². The fourth-order valence-electron chi connectivity index (χ4n) is 2.64. The minimum atomic E-state index is -5.85. The predicted octanol–water partition coefficient (Wildman–Crippen LogP) is 3.65. The van der Waals surface area contributed by atoms with Crippen molar-refractivity contribution in [3.63, 3.8) is 0 Å². The fraction of sp³-hybridized carbons (Fsp3) is 0.111. The summed E-state index contributed by atoms with van der Waals surface area (Å²) in [6.45, 7) is 0. The first kappa shape index (κ1) is 25.8. The van der Waals surface area contributed by atoms with Gasteiger partial charge in [-0.05, 0) is 41.8 Å². The highest BCUT2D eigenvalue weighted by molar-refractivity contribution is 7.95. The van der Waals surface area contributed by atoms with Crippen molar-refractivity contribution < 1.29 is 43.2 Å². The molecule has 3 rings (SSSR count). The predicted molar refractivity (Wildman–Crippen MR) is 119 cm³/mol. The summed E-state index contributed by atoms with van der Waals surface area (Å²) < 4.78 is 123. The lowest BCUT2D eigenvalue weighted by molar-refractivity contribution is -0.0436. The Morgan fingerprint density at radius 1 is 0.824 bits per heavy atom. The van der Waals surface area contributed by atoms with Crippen LogP contribution in [-0.2, 0) is 29.9 Å². The van der Waals surface area contributed by atoms with Crippen LogP contribution >= 0.6 is 11.3 Å². The van der Waals surface area contributed by atoms with E-state index >= 15 is 0 Å². The largest absolute Gasteiger partial charge is 0.501 e. The molecule has 9 nitrogen and oxygen atoms in total. The molecule has 0 bridgehead atoms. The Morgan fingerprint density at radius 2 is 1.41 bits per heavy atom. The van der Waals surface area contributed by atoms with E-state index in [1.807, 2.05) is 0 Å². The van der Waals surface area contributed by atoms with Gasteiger partial charge in [0.05, 0.1) is 23.4 Å². The SMILES string of the molecule is COc1ccc(S(=O)(=O)C(F)(F)F)cc1S(=O)(=O)Nc1ccccc1NS(=O)(=O)c1cccs1. The molecule has 0 atom stereocenters. The van der Waals surface area contributed by atoms with Crippen LogP contribution < -0.4 is 14.2 Å². The Labute approximate surface area is 197 Å². The summed E-state index contributed by atoms with van der Waals surface area (Å²) in [7, 11) is -13.6. The minimum absolute atomic E-state index is 0.0445. The van der Waals surface area contributed by atoms with Gasteiger partial charge < -0.3 is 4.74 Å². The average molecular weight is 557 g/mol. The summed E-state index contributed by atoms with van der Waals surface area (Å²) in [6.07, 6.45) is 0. The number of sulfone groups is 1. The third-order valence-corrected chi connectivity index (χ3v) is 9.85. The molecule has 0 saturated heterocycles. The number of nitrogens with one attached hydrogen (secondary N) is 2. The van der Waals surface area contributed by atoms with Crippen LogP contribution in [0.25, 0.3) is 0 Å². The number of thiophene rings is 1. The van der Waals surface area contributed by atoms with E-state index in [0.29, 0.717) is 12.1 Å². The van der Waals surface area contributed by atoms with Gasteiger partial charge in [0, 0.05) is 0 Å². The van der Waals surface area contributed by atoms with Gasteiger partial charge in [0.15, 0.2) is 0 Å². The molecule has 1 heterocycles. The number of benzene rings is 2. The van der Waals surface area contributed by atoms with Crippen molar-refractivity contribution in [2.45, 2.75) is 19.5 Å². The minimum Gasteiger partial charge on any atom is -0.495 e. The molecule has 0 radical (unpaired) electrons. The summed E-state index contributed by atoms with van der Waals surface area (Å²) in [5.41, 5.74) is -6.12. The molecular formula is C18H15F3N2O7S4. The van der Waals surface area contributed by atoms with Gasteiger partial charge >= 0.3 is 5.51 Å². The van der Waals surface area contributed by atoms with E-state index in [2.05, 4.69) is 9.44 Å². The molecule has 0 unspecified atom stereocenters. The molecule has 0 aliphatic heterocycles. The Morgan fingerprint density at radius 3 is 1.91 bits per heavy atom. The van der Waals surface area contributed by atoms with Crippen LogP contribution in [0.1, 0.15) is 0 Å². The second kappa shape index (κ2) is 9.09. The first-order valence-corrected chi connectivity index (χ1v) is 14.2. The number of sulfonamides is 2. The number of alkyl halides is 3. The topological polar surface area (TPSA) is 136 Å². The Hall–Kier alpha value is -2.82. The number of ether oxygens (including phenoxy) is 1. The second-order valence-corrected chi connectivity index (χ2v) is 12.9. The number of methoxy groups -OCH3 is 1. The zero-order valence-electron chi connectivity index (χ0n) is 16.9. The van der Waals surface area contributed by atoms with E-state index in [0.717, 1.165) is 24.5 Å². The summed E-state index contributed by atoms with van der Waals surface area (Å²) in [6, 6.07) is 9.71. The lowest BCUT2D eigenvalue weighted by atomic mass is 10.3. The van der Waals surface area contributed by atoms with E-state index in [-0.39, 0.29) is 15.6 Å². The van der Waals surface area contributed by atoms with Crippen LogP contribution in [0.15, 0.2) is 74.0 Å². The Bertz CT molecular complexity index is 1520. The number of hydrogen-bond donors (Lipinski definition) is 2. The van der Waals surface area contributed by atoms with Gasteiger partial charge in [-0.25, -0.2) is 25.3 Å². The van der Waals surface area contributed by atoms with Gasteiger partial charge in [0.2, 0.25) is 0 Å². The van der Waals surface area contributed by atoms with E-state index in [1.165, 1.54) is 41.8 Å². The zero-order valence-corrected chi connectivity index (χ0v) is 20.2. The molecule has 184 valence electrons. The maximum atomic E-state index is 13.0. The number of hydrogen-bond acceptors (Lipinski definition) is 8. The summed E-state index contributed by atoms with van der Waals surface area (Å²) in [4.78, 5) is -2.22. The van der Waals surface area contributed by atoms with Crippen molar-refractivity contribution in [2.24, 2.45) is 0 Å². The van der Waals surface area contributed by atoms with Gasteiger partial charge in [-0.3, -0.25) is 9.44 Å². The fourth-order valence-corrected chi connectivity index (χ4v) is 6.85. The number of halogens is 3. The maximum Gasteiger partial charge on any atom is 0.501 e.